The van der Waals surface area contributed by atoms with Gasteiger partial charge in [0.1, 0.15) is 0 Å². The third-order valence-electron chi connectivity index (χ3n) is 24.6. The minimum atomic E-state index is -0.142. The first-order valence-electron chi connectivity index (χ1n) is 37.9. The van der Waals surface area contributed by atoms with E-state index in [0.29, 0.717) is 0 Å². The van der Waals surface area contributed by atoms with Crippen LogP contribution in [0.3, 0.4) is 0 Å². The highest BCUT2D eigenvalue weighted by Crippen LogP contribution is 2.52. The Balaban J connectivity index is 0.968. The number of nitrogens with zero attached hydrogens (tertiary/aromatic N) is 3. The van der Waals surface area contributed by atoms with Crippen molar-refractivity contribution in [1.82, 2.24) is 4.57 Å². The summed E-state index contributed by atoms with van der Waals surface area (Å²) in [6, 6.07) is 87.0. The lowest BCUT2D eigenvalue weighted by Gasteiger charge is -2.45. The highest BCUT2D eigenvalue weighted by atomic mass is 15.2. The van der Waals surface area contributed by atoms with E-state index in [1.54, 1.807) is 0 Å². The molecule has 0 atom stereocenters. The summed E-state index contributed by atoms with van der Waals surface area (Å²) in [5, 5.41) is 2.57. The summed E-state index contributed by atoms with van der Waals surface area (Å²) in [6.45, 7) is 47.3. The van der Waals surface area contributed by atoms with Crippen LogP contribution in [0.15, 0.2) is 218 Å². The molecule has 0 saturated carbocycles. The van der Waals surface area contributed by atoms with Gasteiger partial charge in [0.15, 0.2) is 0 Å². The van der Waals surface area contributed by atoms with Crippen LogP contribution in [0.4, 0.5) is 34.1 Å². The van der Waals surface area contributed by atoms with Crippen molar-refractivity contribution in [3.05, 3.63) is 263 Å². The van der Waals surface area contributed by atoms with E-state index in [0.717, 1.165) is 17.1 Å². The highest BCUT2D eigenvalue weighted by Gasteiger charge is 2.45. The van der Waals surface area contributed by atoms with Gasteiger partial charge in [-0.1, -0.05) is 278 Å². The number of aromatic nitrogens is 1. The molecular weight excluding hydrogens is 1230 g/mol. The molecule has 3 heterocycles. The number of hydrogen-bond donors (Lipinski definition) is 0. The number of benzene rings is 11. The summed E-state index contributed by atoms with van der Waals surface area (Å²) in [5.74, 6) is 0. The molecule has 11 aromatic carbocycles. The fourth-order valence-electron chi connectivity index (χ4n) is 17.7. The van der Waals surface area contributed by atoms with Gasteiger partial charge in [0.2, 0.25) is 0 Å². The monoisotopic (exact) mass is 1330 g/mol. The quantitative estimate of drug-likeness (QED) is 0.147. The zero-order valence-electron chi connectivity index (χ0n) is 64.5. The predicted octanol–water partition coefficient (Wildman–Crippen LogP) is 25.4. The second-order valence-corrected chi connectivity index (χ2v) is 37.7. The first-order valence-corrected chi connectivity index (χ1v) is 37.9. The summed E-state index contributed by atoms with van der Waals surface area (Å²) < 4.78 is 2.56. The first kappa shape index (κ1) is 67.4. The molecule has 0 amide bonds. The van der Waals surface area contributed by atoms with Crippen LogP contribution in [0.1, 0.15) is 209 Å². The predicted molar refractivity (Wildman–Crippen MR) is 442 cm³/mol. The zero-order chi connectivity index (χ0) is 71.9. The van der Waals surface area contributed by atoms with Gasteiger partial charge in [-0.3, -0.25) is 0 Å². The van der Waals surface area contributed by atoms with E-state index in [-0.39, 0.29) is 50.0 Å². The molecule has 4 aliphatic rings. The second kappa shape index (κ2) is 23.2. The molecule has 0 bridgehead atoms. The minimum Gasteiger partial charge on any atom is -0.311 e. The van der Waals surface area contributed by atoms with E-state index in [1.807, 2.05) is 0 Å². The van der Waals surface area contributed by atoms with Gasteiger partial charge in [0, 0.05) is 50.6 Å². The molecule has 0 unspecified atom stereocenters. The van der Waals surface area contributed by atoms with E-state index >= 15 is 0 Å². The molecular formula is C98H104BN3. The third kappa shape index (κ3) is 11.3. The SMILES string of the molecule is CC(C)(C)c1ccc(-c2cc3c4c(c2)N(c2ccc(-c5ccc6c(c5)C(C)(C)CCC6(C)C)cc2)c2cc(-n5c6ccc(C(C)(C)C)cc6c6cc(C(C)(C)C)ccc65)ccc2B4c2cc(-c4cccc(C(C)(C)C)c4)ccc2N3c2ccc(-c3ccc4c(c3)C(C)(C)CCC4(C)C)cc2)cc1. The molecule has 0 N–H and O–H groups in total. The maximum atomic E-state index is 2.65. The van der Waals surface area contributed by atoms with Crippen molar-refractivity contribution in [3.63, 3.8) is 0 Å². The maximum absolute atomic E-state index is 2.65. The van der Waals surface area contributed by atoms with Gasteiger partial charge in [-0.25, -0.2) is 0 Å². The summed E-state index contributed by atoms with van der Waals surface area (Å²) in [6.07, 6.45) is 4.74. The largest absolute Gasteiger partial charge is 0.311 e. The molecule has 0 saturated heterocycles. The maximum Gasteiger partial charge on any atom is 0.252 e. The normalized spacial score (nSPS) is 16.5. The molecule has 4 heteroatoms. The van der Waals surface area contributed by atoms with E-state index < -0.39 is 0 Å². The number of hydrogen-bond acceptors (Lipinski definition) is 2. The zero-order valence-corrected chi connectivity index (χ0v) is 64.5. The third-order valence-corrected chi connectivity index (χ3v) is 24.6. The average molecular weight is 1330 g/mol. The van der Waals surface area contributed by atoms with Crippen molar-refractivity contribution in [3.8, 4) is 50.2 Å². The van der Waals surface area contributed by atoms with Crippen LogP contribution < -0.4 is 26.2 Å². The van der Waals surface area contributed by atoms with Crippen LogP contribution in [-0.4, -0.2) is 11.3 Å². The van der Waals surface area contributed by atoms with Gasteiger partial charge in [-0.15, -0.1) is 0 Å². The van der Waals surface area contributed by atoms with Crippen LogP contribution in [0.25, 0.3) is 72.0 Å². The van der Waals surface area contributed by atoms with E-state index in [4.69, 9.17) is 0 Å². The van der Waals surface area contributed by atoms with Crippen molar-refractivity contribution < 1.29 is 0 Å². The standard InChI is InChI=1S/C98H104BN3/c1-91(2,3)69-33-24-63(25-34-69)68-56-88-90-89(57-68)101(74-39-28-62(29-40-74)66-31-43-79-81(54-66)98(19,20)51-49-96(79,15)16)87-60-75(102-84-46-35-71(93(7,8)9)58-76(84)77-59-72(94(10,11)12)36-47-85(77)102)41-44-82(87)99(90)83-55-67(64-22-21-23-70(52-64)92(4,5)6)32-45-86(83)100(88)73-37-26-61(27-38-73)65-30-42-78-80(53-65)97(17,18)50-48-95(78,13)14/h21-47,52-60H,48-51H2,1-20H3. The minimum absolute atomic E-state index is 0.00448. The summed E-state index contributed by atoms with van der Waals surface area (Å²) in [4.78, 5) is 5.26. The lowest BCUT2D eigenvalue weighted by molar-refractivity contribution is 0.332. The van der Waals surface area contributed by atoms with Crippen LogP contribution >= 0.6 is 0 Å². The molecule has 2 aliphatic carbocycles. The lowest BCUT2D eigenvalue weighted by Crippen LogP contribution is -2.61. The Morgan fingerprint density at radius 1 is 0.275 bits per heavy atom. The van der Waals surface area contributed by atoms with Crippen LogP contribution in [0.5, 0.6) is 0 Å². The molecule has 1 aromatic heterocycles. The summed E-state index contributed by atoms with van der Waals surface area (Å²) in [5.41, 5.74) is 35.9. The van der Waals surface area contributed by atoms with Gasteiger partial charge in [0.25, 0.3) is 6.71 Å². The summed E-state index contributed by atoms with van der Waals surface area (Å²) >= 11 is 0. The van der Waals surface area contributed by atoms with Gasteiger partial charge in [-0.05, 0) is 253 Å². The van der Waals surface area contributed by atoms with Gasteiger partial charge >= 0.3 is 0 Å². The Hall–Kier alpha value is -9.12. The molecule has 2 aliphatic heterocycles. The smallest absolute Gasteiger partial charge is 0.252 e. The van der Waals surface area contributed by atoms with Gasteiger partial charge in [0.05, 0.1) is 11.0 Å². The van der Waals surface area contributed by atoms with Crippen molar-refractivity contribution in [1.29, 1.82) is 0 Å². The second-order valence-electron chi connectivity index (χ2n) is 37.7. The number of rotatable bonds is 7. The molecule has 0 fully saturated rings. The van der Waals surface area contributed by atoms with Crippen LogP contribution in [-0.2, 0) is 43.3 Å². The van der Waals surface area contributed by atoms with Crippen LogP contribution in [0.2, 0.25) is 0 Å². The van der Waals surface area contributed by atoms with Crippen molar-refractivity contribution in [2.24, 2.45) is 0 Å². The van der Waals surface area contributed by atoms with E-state index in [1.165, 1.54) is 176 Å². The Morgan fingerprint density at radius 3 is 1.14 bits per heavy atom. The van der Waals surface area contributed by atoms with E-state index in [2.05, 4.69) is 371 Å². The fraction of sp³-hybridized carbons (Fsp3) is 0.327. The average Bonchev–Trinajstić information content (AvgIpc) is 0.704. The van der Waals surface area contributed by atoms with Crippen molar-refractivity contribution in [2.45, 2.75) is 207 Å². The van der Waals surface area contributed by atoms with E-state index in [9.17, 15) is 0 Å². The molecule has 0 spiro atoms. The Morgan fingerprint density at radius 2 is 0.657 bits per heavy atom. The molecule has 514 valence electrons. The highest BCUT2D eigenvalue weighted by molar-refractivity contribution is 7.00. The topological polar surface area (TPSA) is 11.4 Å². The molecule has 102 heavy (non-hydrogen) atoms. The fourth-order valence-corrected chi connectivity index (χ4v) is 17.7. The Labute approximate surface area is 610 Å². The van der Waals surface area contributed by atoms with Crippen molar-refractivity contribution >= 4 is 79.0 Å². The number of fused-ring (bicyclic) bond motifs is 9. The van der Waals surface area contributed by atoms with Crippen LogP contribution in [0, 0.1) is 0 Å². The Bertz CT molecular complexity index is 5290. The lowest BCUT2D eigenvalue weighted by atomic mass is 9.33. The Kier molecular flexibility index (Phi) is 15.3. The van der Waals surface area contributed by atoms with Gasteiger partial charge in [-0.2, -0.15) is 0 Å². The molecule has 16 rings (SSSR count). The van der Waals surface area contributed by atoms with Crippen molar-refractivity contribution in [2.75, 3.05) is 9.80 Å². The molecule has 3 nitrogen and oxygen atoms in total. The first-order chi connectivity index (χ1) is 48.0. The van der Waals surface area contributed by atoms with Gasteiger partial charge < -0.3 is 14.4 Å². The number of anilines is 6. The molecule has 0 radical (unpaired) electrons. The molecule has 12 aromatic rings. The summed E-state index contributed by atoms with van der Waals surface area (Å²) in [7, 11) is 0.